The molecule has 0 saturated heterocycles. The molecule has 0 fully saturated rings. The third-order valence-electron chi connectivity index (χ3n) is 3.96. The molecule has 0 spiro atoms. The lowest BCUT2D eigenvalue weighted by atomic mass is 10.1. The summed E-state index contributed by atoms with van der Waals surface area (Å²) in [7, 11) is 1.55. The number of amides is 2. The van der Waals surface area contributed by atoms with E-state index >= 15 is 0 Å². The highest BCUT2D eigenvalue weighted by Crippen LogP contribution is 2.25. The molecule has 0 bridgehead atoms. The van der Waals surface area contributed by atoms with Crippen LogP contribution in [0.3, 0.4) is 0 Å². The number of hydrogen-bond donors (Lipinski definition) is 3. The maximum atomic E-state index is 12.3. The molecule has 3 N–H and O–H groups in total. The third-order valence-corrected chi connectivity index (χ3v) is 5.06. The highest BCUT2D eigenvalue weighted by Gasteiger charge is 2.10. The van der Waals surface area contributed by atoms with Gasteiger partial charge in [0.15, 0.2) is 0 Å². The summed E-state index contributed by atoms with van der Waals surface area (Å²) < 4.78 is 0. The number of carbonyl (C=O) groups excluding carboxylic acids is 2. The molecular weight excluding hydrogens is 396 g/mol. The fourth-order valence-electron chi connectivity index (χ4n) is 2.58. The van der Waals surface area contributed by atoms with Gasteiger partial charge in [0.25, 0.3) is 5.91 Å². The van der Waals surface area contributed by atoms with Gasteiger partial charge >= 0.3 is 0 Å². The Bertz CT molecular complexity index is 1020. The van der Waals surface area contributed by atoms with Crippen molar-refractivity contribution in [2.45, 2.75) is 6.92 Å². The van der Waals surface area contributed by atoms with Gasteiger partial charge < -0.3 is 16.0 Å². The van der Waals surface area contributed by atoms with E-state index in [-0.39, 0.29) is 18.4 Å². The van der Waals surface area contributed by atoms with Crippen molar-refractivity contribution in [3.8, 4) is 11.3 Å². The van der Waals surface area contributed by atoms with Gasteiger partial charge in [0, 0.05) is 29.2 Å². The van der Waals surface area contributed by atoms with Crippen LogP contribution >= 0.6 is 22.9 Å². The molecule has 1 aromatic heterocycles. The summed E-state index contributed by atoms with van der Waals surface area (Å²) in [5.74, 6) is -0.453. The molecule has 2 aromatic carbocycles. The van der Waals surface area contributed by atoms with Crippen molar-refractivity contribution in [1.82, 2.24) is 10.3 Å². The summed E-state index contributed by atoms with van der Waals surface area (Å²) in [6.07, 6.45) is 0. The summed E-state index contributed by atoms with van der Waals surface area (Å²) in [5, 5.41) is 11.8. The van der Waals surface area contributed by atoms with E-state index in [1.165, 1.54) is 0 Å². The number of anilines is 2. The minimum Gasteiger partial charge on any atom is -0.375 e. The van der Waals surface area contributed by atoms with Gasteiger partial charge in [-0.25, -0.2) is 4.98 Å². The molecule has 3 rings (SSSR count). The Kier molecular flexibility index (Phi) is 6.28. The first-order chi connectivity index (χ1) is 13.5. The van der Waals surface area contributed by atoms with Crippen LogP contribution in [0.15, 0.2) is 47.8 Å². The number of aromatic nitrogens is 1. The molecule has 144 valence electrons. The van der Waals surface area contributed by atoms with Gasteiger partial charge in [-0.1, -0.05) is 23.7 Å². The number of carbonyl (C=O) groups is 2. The zero-order valence-corrected chi connectivity index (χ0v) is 16.9. The normalized spacial score (nSPS) is 10.4. The van der Waals surface area contributed by atoms with E-state index in [0.29, 0.717) is 22.0 Å². The number of nitrogens with one attached hydrogen (secondary N) is 3. The zero-order chi connectivity index (χ0) is 20.1. The minimum absolute atomic E-state index is 0.0109. The van der Waals surface area contributed by atoms with Gasteiger partial charge in [0.1, 0.15) is 0 Å². The van der Waals surface area contributed by atoms with Crippen LogP contribution in [0.2, 0.25) is 5.02 Å². The van der Waals surface area contributed by atoms with Crippen LogP contribution in [-0.4, -0.2) is 30.4 Å². The second-order valence-corrected chi connectivity index (χ2v) is 7.48. The number of nitrogens with zero attached hydrogens (tertiary/aromatic N) is 1. The van der Waals surface area contributed by atoms with Gasteiger partial charge in [0.2, 0.25) is 5.91 Å². The number of aryl methyl sites for hydroxylation is 1. The van der Waals surface area contributed by atoms with Crippen LogP contribution in [0.5, 0.6) is 0 Å². The minimum atomic E-state index is -0.229. The quantitative estimate of drug-likeness (QED) is 0.565. The smallest absolute Gasteiger partial charge is 0.251 e. The van der Waals surface area contributed by atoms with Crippen LogP contribution in [-0.2, 0) is 4.79 Å². The van der Waals surface area contributed by atoms with E-state index in [2.05, 4.69) is 20.9 Å². The van der Waals surface area contributed by atoms with E-state index < -0.39 is 0 Å². The van der Waals surface area contributed by atoms with E-state index in [4.69, 9.17) is 11.6 Å². The topological polar surface area (TPSA) is 83.1 Å². The standard InChI is InChI=1S/C20H19ClN4O2S/c1-12-24-18(11-28-12)13-4-3-5-15(8-13)25-19(26)10-23-17-9-14(20(27)22-2)6-7-16(17)21/h3-9,11,23H,10H2,1-2H3,(H,22,27)(H,25,26). The fourth-order valence-corrected chi connectivity index (χ4v) is 3.39. The van der Waals surface area contributed by atoms with E-state index in [1.807, 2.05) is 36.6 Å². The molecular formula is C20H19ClN4O2S. The number of hydrogen-bond acceptors (Lipinski definition) is 5. The molecule has 0 aliphatic rings. The van der Waals surface area contributed by atoms with Crippen LogP contribution < -0.4 is 16.0 Å². The van der Waals surface area contributed by atoms with E-state index in [0.717, 1.165) is 16.3 Å². The molecule has 0 unspecified atom stereocenters. The maximum absolute atomic E-state index is 12.3. The van der Waals surface area contributed by atoms with E-state index in [1.54, 1.807) is 36.6 Å². The molecule has 0 aliphatic carbocycles. The lowest BCUT2D eigenvalue weighted by Gasteiger charge is -2.11. The Morgan fingerprint density at radius 2 is 2.00 bits per heavy atom. The third kappa shape index (κ3) is 4.88. The average Bonchev–Trinajstić information content (AvgIpc) is 3.13. The Morgan fingerprint density at radius 1 is 1.18 bits per heavy atom. The molecule has 0 aliphatic heterocycles. The summed E-state index contributed by atoms with van der Waals surface area (Å²) in [6.45, 7) is 1.96. The Morgan fingerprint density at radius 3 is 2.71 bits per heavy atom. The fraction of sp³-hybridized carbons (Fsp3) is 0.150. The lowest BCUT2D eigenvalue weighted by Crippen LogP contribution is -2.22. The summed E-state index contributed by atoms with van der Waals surface area (Å²) in [5.41, 5.74) is 3.48. The molecule has 0 atom stereocenters. The molecule has 28 heavy (non-hydrogen) atoms. The van der Waals surface area contributed by atoms with Crippen LogP contribution in [0.1, 0.15) is 15.4 Å². The summed E-state index contributed by atoms with van der Waals surface area (Å²) in [4.78, 5) is 28.5. The van der Waals surface area contributed by atoms with Crippen molar-refractivity contribution in [2.75, 3.05) is 24.2 Å². The summed E-state index contributed by atoms with van der Waals surface area (Å²) in [6, 6.07) is 12.4. The predicted octanol–water partition coefficient (Wildman–Crippen LogP) is 4.18. The Balaban J connectivity index is 1.64. The first-order valence-electron chi connectivity index (χ1n) is 8.54. The largest absolute Gasteiger partial charge is 0.375 e. The second kappa shape index (κ2) is 8.86. The molecule has 3 aromatic rings. The van der Waals surface area contributed by atoms with Crippen LogP contribution in [0.4, 0.5) is 11.4 Å². The number of benzene rings is 2. The number of thiazole rings is 1. The zero-order valence-electron chi connectivity index (χ0n) is 15.4. The van der Waals surface area contributed by atoms with Gasteiger partial charge in [-0.15, -0.1) is 11.3 Å². The predicted molar refractivity (Wildman–Crippen MR) is 114 cm³/mol. The molecule has 8 heteroatoms. The van der Waals surface area contributed by atoms with Gasteiger partial charge in [-0.05, 0) is 37.3 Å². The maximum Gasteiger partial charge on any atom is 0.251 e. The second-order valence-electron chi connectivity index (χ2n) is 6.01. The van der Waals surface area contributed by atoms with Crippen molar-refractivity contribution in [3.05, 3.63) is 63.4 Å². The van der Waals surface area contributed by atoms with Crippen molar-refractivity contribution in [3.63, 3.8) is 0 Å². The van der Waals surface area contributed by atoms with E-state index in [9.17, 15) is 9.59 Å². The van der Waals surface area contributed by atoms with Gasteiger partial charge in [0.05, 0.1) is 28.0 Å². The Labute approximate surface area is 172 Å². The van der Waals surface area contributed by atoms with Crippen molar-refractivity contribution < 1.29 is 9.59 Å². The van der Waals surface area contributed by atoms with Crippen LogP contribution in [0.25, 0.3) is 11.3 Å². The molecule has 0 radical (unpaired) electrons. The first kappa shape index (κ1) is 19.9. The van der Waals surface area contributed by atoms with Crippen molar-refractivity contribution >= 4 is 46.1 Å². The molecule has 1 heterocycles. The number of halogens is 1. The SMILES string of the molecule is CNC(=O)c1ccc(Cl)c(NCC(=O)Nc2cccc(-c3csc(C)n3)c2)c1. The van der Waals surface area contributed by atoms with Gasteiger partial charge in [-0.2, -0.15) is 0 Å². The monoisotopic (exact) mass is 414 g/mol. The first-order valence-corrected chi connectivity index (χ1v) is 9.80. The molecule has 2 amide bonds. The lowest BCUT2D eigenvalue weighted by molar-refractivity contribution is -0.114. The number of rotatable bonds is 6. The van der Waals surface area contributed by atoms with Crippen molar-refractivity contribution in [1.29, 1.82) is 0 Å². The molecule has 0 saturated carbocycles. The molecule has 6 nitrogen and oxygen atoms in total. The highest BCUT2D eigenvalue weighted by atomic mass is 35.5. The highest BCUT2D eigenvalue weighted by molar-refractivity contribution is 7.09. The van der Waals surface area contributed by atoms with Gasteiger partial charge in [-0.3, -0.25) is 9.59 Å². The summed E-state index contributed by atoms with van der Waals surface area (Å²) >= 11 is 7.73. The Hall–Kier alpha value is -2.90. The van der Waals surface area contributed by atoms with Crippen LogP contribution in [0, 0.1) is 6.92 Å². The van der Waals surface area contributed by atoms with Crippen molar-refractivity contribution in [2.24, 2.45) is 0 Å². The average molecular weight is 415 g/mol.